The average Bonchev–Trinajstić information content (AvgIpc) is 2.14. The first-order valence-electron chi connectivity index (χ1n) is 5.16. The minimum atomic E-state index is -0.631. The molecule has 0 fully saturated rings. The molecular weight excluding hydrogens is 196 g/mol. The Morgan fingerprint density at radius 1 is 1.40 bits per heavy atom. The summed E-state index contributed by atoms with van der Waals surface area (Å²) in [7, 11) is 1.52. The molecule has 5 heteroatoms. The molecule has 0 aliphatic rings. The van der Waals surface area contributed by atoms with Gasteiger partial charge in [0.15, 0.2) is 6.10 Å². The maximum Gasteiger partial charge on any atom is 0.265 e. The number of nitrogens with one attached hydrogen (secondary N) is 1. The second kappa shape index (κ2) is 7.62. The molecule has 0 aromatic carbocycles. The minimum absolute atomic E-state index is 0.0162. The van der Waals surface area contributed by atoms with Gasteiger partial charge in [0, 0.05) is 7.11 Å². The van der Waals surface area contributed by atoms with Crippen LogP contribution < -0.4 is 11.3 Å². The molecule has 90 valence electrons. The SMILES string of the molecule is COCC(OC(C)CC(C)C)C(=O)NN. The van der Waals surface area contributed by atoms with Crippen LogP contribution in [-0.4, -0.2) is 31.8 Å². The third-order valence-corrected chi connectivity index (χ3v) is 1.95. The maximum absolute atomic E-state index is 11.3. The summed E-state index contributed by atoms with van der Waals surface area (Å²) in [6.45, 7) is 6.36. The number of methoxy groups -OCH3 is 1. The molecule has 0 aliphatic heterocycles. The lowest BCUT2D eigenvalue weighted by atomic mass is 10.1. The van der Waals surface area contributed by atoms with E-state index >= 15 is 0 Å². The van der Waals surface area contributed by atoms with Gasteiger partial charge in [-0.05, 0) is 19.3 Å². The lowest BCUT2D eigenvalue weighted by molar-refractivity contribution is -0.141. The lowest BCUT2D eigenvalue weighted by Crippen LogP contribution is -2.44. The molecular formula is C10H22N2O3. The fourth-order valence-electron chi connectivity index (χ4n) is 1.42. The van der Waals surface area contributed by atoms with Gasteiger partial charge >= 0.3 is 0 Å². The number of hydrazine groups is 1. The summed E-state index contributed by atoms with van der Waals surface area (Å²) in [5.74, 6) is 5.22. The van der Waals surface area contributed by atoms with Crippen molar-refractivity contribution in [3.63, 3.8) is 0 Å². The third-order valence-electron chi connectivity index (χ3n) is 1.95. The molecule has 15 heavy (non-hydrogen) atoms. The quantitative estimate of drug-likeness (QED) is 0.369. The maximum atomic E-state index is 11.3. The number of hydrogen-bond donors (Lipinski definition) is 2. The van der Waals surface area contributed by atoms with Crippen molar-refractivity contribution in [3.8, 4) is 0 Å². The Morgan fingerprint density at radius 2 is 2.00 bits per heavy atom. The fourth-order valence-corrected chi connectivity index (χ4v) is 1.42. The van der Waals surface area contributed by atoms with Gasteiger partial charge in [0.2, 0.25) is 0 Å². The van der Waals surface area contributed by atoms with E-state index in [4.69, 9.17) is 15.3 Å². The van der Waals surface area contributed by atoms with Crippen molar-refractivity contribution in [3.05, 3.63) is 0 Å². The highest BCUT2D eigenvalue weighted by Gasteiger charge is 2.21. The van der Waals surface area contributed by atoms with Gasteiger partial charge in [-0.2, -0.15) is 0 Å². The number of ether oxygens (including phenoxy) is 2. The van der Waals surface area contributed by atoms with E-state index in [0.29, 0.717) is 5.92 Å². The van der Waals surface area contributed by atoms with Crippen molar-refractivity contribution in [2.45, 2.75) is 39.4 Å². The van der Waals surface area contributed by atoms with Gasteiger partial charge in [0.25, 0.3) is 5.91 Å². The molecule has 0 saturated heterocycles. The van der Waals surface area contributed by atoms with E-state index in [-0.39, 0.29) is 18.6 Å². The van der Waals surface area contributed by atoms with Gasteiger partial charge in [-0.15, -0.1) is 0 Å². The van der Waals surface area contributed by atoms with Crippen molar-refractivity contribution in [2.24, 2.45) is 11.8 Å². The van der Waals surface area contributed by atoms with Gasteiger partial charge in [0.05, 0.1) is 12.7 Å². The molecule has 3 N–H and O–H groups in total. The zero-order valence-electron chi connectivity index (χ0n) is 9.95. The van der Waals surface area contributed by atoms with Crippen LogP contribution in [0, 0.1) is 5.92 Å². The van der Waals surface area contributed by atoms with Crippen molar-refractivity contribution < 1.29 is 14.3 Å². The lowest BCUT2D eigenvalue weighted by Gasteiger charge is -2.21. The molecule has 0 spiro atoms. The zero-order valence-corrected chi connectivity index (χ0v) is 9.95. The molecule has 0 bridgehead atoms. The van der Waals surface area contributed by atoms with Crippen molar-refractivity contribution in [2.75, 3.05) is 13.7 Å². The second-order valence-electron chi connectivity index (χ2n) is 4.03. The number of nitrogens with two attached hydrogens (primary N) is 1. The van der Waals surface area contributed by atoms with Crippen LogP contribution in [0.3, 0.4) is 0 Å². The highest BCUT2D eigenvalue weighted by atomic mass is 16.5. The fraction of sp³-hybridized carbons (Fsp3) is 0.900. The van der Waals surface area contributed by atoms with Gasteiger partial charge in [-0.25, -0.2) is 5.84 Å². The summed E-state index contributed by atoms with van der Waals surface area (Å²) in [6, 6.07) is 0. The molecule has 0 aromatic rings. The Bertz CT molecular complexity index is 186. The predicted molar refractivity (Wildman–Crippen MR) is 58.0 cm³/mol. The van der Waals surface area contributed by atoms with E-state index in [1.807, 2.05) is 6.92 Å². The summed E-state index contributed by atoms with van der Waals surface area (Å²) in [5.41, 5.74) is 2.06. The van der Waals surface area contributed by atoms with E-state index in [0.717, 1.165) is 6.42 Å². The van der Waals surface area contributed by atoms with Crippen LogP contribution in [0.15, 0.2) is 0 Å². The molecule has 0 radical (unpaired) electrons. The molecule has 0 saturated carbocycles. The van der Waals surface area contributed by atoms with Crippen molar-refractivity contribution in [1.29, 1.82) is 0 Å². The monoisotopic (exact) mass is 218 g/mol. The molecule has 5 nitrogen and oxygen atoms in total. The van der Waals surface area contributed by atoms with E-state index in [1.165, 1.54) is 7.11 Å². The summed E-state index contributed by atoms with van der Waals surface area (Å²) in [5, 5.41) is 0. The highest BCUT2D eigenvalue weighted by molar-refractivity contribution is 5.80. The zero-order chi connectivity index (χ0) is 11.8. The van der Waals surface area contributed by atoms with Gasteiger partial charge in [-0.1, -0.05) is 13.8 Å². The predicted octanol–water partition coefficient (Wildman–Crippen LogP) is 0.443. The van der Waals surface area contributed by atoms with Gasteiger partial charge in [0.1, 0.15) is 0 Å². The number of hydrogen-bond acceptors (Lipinski definition) is 4. The molecule has 0 aliphatic carbocycles. The molecule has 1 amide bonds. The minimum Gasteiger partial charge on any atom is -0.381 e. The first-order valence-corrected chi connectivity index (χ1v) is 5.16. The van der Waals surface area contributed by atoms with Crippen LogP contribution in [0.25, 0.3) is 0 Å². The number of carbonyl (C=O) groups is 1. The van der Waals surface area contributed by atoms with Gasteiger partial charge in [-0.3, -0.25) is 10.2 Å². The smallest absolute Gasteiger partial charge is 0.265 e. The Kier molecular flexibility index (Phi) is 7.29. The summed E-state index contributed by atoms with van der Waals surface area (Å²) < 4.78 is 10.4. The van der Waals surface area contributed by atoms with Crippen LogP contribution in [0.5, 0.6) is 0 Å². The number of rotatable bonds is 7. The van der Waals surface area contributed by atoms with Crippen LogP contribution in [0.4, 0.5) is 0 Å². The molecule has 0 aromatic heterocycles. The Labute approximate surface area is 91.3 Å². The van der Waals surface area contributed by atoms with E-state index in [2.05, 4.69) is 19.3 Å². The molecule has 0 rings (SSSR count). The highest BCUT2D eigenvalue weighted by Crippen LogP contribution is 2.10. The van der Waals surface area contributed by atoms with E-state index in [9.17, 15) is 4.79 Å². The number of amides is 1. The van der Waals surface area contributed by atoms with E-state index in [1.54, 1.807) is 0 Å². The van der Waals surface area contributed by atoms with Crippen LogP contribution >= 0.6 is 0 Å². The first-order chi connectivity index (χ1) is 7.01. The van der Waals surface area contributed by atoms with E-state index < -0.39 is 6.10 Å². The van der Waals surface area contributed by atoms with Crippen LogP contribution in [0.2, 0.25) is 0 Å². The standard InChI is InChI=1S/C10H22N2O3/c1-7(2)5-8(3)15-9(6-14-4)10(13)12-11/h7-9H,5-6,11H2,1-4H3,(H,12,13). The summed E-state index contributed by atoms with van der Waals surface area (Å²) >= 11 is 0. The molecule has 2 unspecified atom stereocenters. The summed E-state index contributed by atoms with van der Waals surface area (Å²) in [4.78, 5) is 11.3. The van der Waals surface area contributed by atoms with Crippen molar-refractivity contribution >= 4 is 5.91 Å². The Balaban J connectivity index is 4.09. The topological polar surface area (TPSA) is 73.6 Å². The normalized spacial score (nSPS) is 15.1. The largest absolute Gasteiger partial charge is 0.381 e. The second-order valence-corrected chi connectivity index (χ2v) is 4.03. The summed E-state index contributed by atoms with van der Waals surface area (Å²) in [6.07, 6.45) is 0.286. The molecule has 0 heterocycles. The first kappa shape index (κ1) is 14.3. The van der Waals surface area contributed by atoms with Gasteiger partial charge < -0.3 is 9.47 Å². The van der Waals surface area contributed by atoms with Crippen LogP contribution in [0.1, 0.15) is 27.2 Å². The third kappa shape index (κ3) is 6.43. The van der Waals surface area contributed by atoms with Crippen molar-refractivity contribution in [1.82, 2.24) is 5.43 Å². The average molecular weight is 218 g/mol. The van der Waals surface area contributed by atoms with Crippen LogP contribution in [-0.2, 0) is 14.3 Å². The molecule has 2 atom stereocenters. The Morgan fingerprint density at radius 3 is 2.40 bits per heavy atom. The Hall–Kier alpha value is -0.650. The number of carbonyl (C=O) groups excluding carboxylic acids is 1.